The van der Waals surface area contributed by atoms with Crippen molar-refractivity contribution in [1.29, 1.82) is 0 Å². The Labute approximate surface area is 262 Å². The molecular weight excluding hydrogens is 624 g/mol. The predicted molar refractivity (Wildman–Crippen MR) is 173 cm³/mol. The summed E-state index contributed by atoms with van der Waals surface area (Å²) in [6.45, 7) is 5.58. The molecule has 1 saturated heterocycles. The first-order valence-electron chi connectivity index (χ1n) is 13.7. The monoisotopic (exact) mass is 654 g/mol. The Morgan fingerprint density at radius 3 is 2.11 bits per heavy atom. The number of nitrogens with zero attached hydrogens (tertiary/aromatic N) is 1. The van der Waals surface area contributed by atoms with Gasteiger partial charge in [-0.15, -0.1) is 0 Å². The number of morpholine rings is 1. The van der Waals surface area contributed by atoms with Gasteiger partial charge in [-0.1, -0.05) is 47.5 Å². The summed E-state index contributed by atoms with van der Waals surface area (Å²) in [5.74, 6) is -0.599. The van der Waals surface area contributed by atoms with E-state index >= 15 is 0 Å². The molecule has 0 aromatic heterocycles. The van der Waals surface area contributed by atoms with Gasteiger partial charge in [0.15, 0.2) is 0 Å². The molecule has 1 amide bonds. The number of ether oxygens (including phenoxy) is 1. The van der Waals surface area contributed by atoms with E-state index in [0.29, 0.717) is 43.2 Å². The number of halogens is 1. The van der Waals surface area contributed by atoms with E-state index < -0.39 is 26.0 Å². The van der Waals surface area contributed by atoms with E-state index in [0.717, 1.165) is 5.56 Å². The number of benzene rings is 4. The van der Waals surface area contributed by atoms with Gasteiger partial charge in [0.1, 0.15) is 0 Å². The number of carbonyl (C=O) groups is 1. The summed E-state index contributed by atoms with van der Waals surface area (Å²) in [5, 5.41) is 3.07. The van der Waals surface area contributed by atoms with Gasteiger partial charge in [-0.2, -0.15) is 0 Å². The van der Waals surface area contributed by atoms with E-state index in [1.165, 1.54) is 24.3 Å². The van der Waals surface area contributed by atoms with E-state index in [4.69, 9.17) is 16.3 Å². The molecule has 44 heavy (non-hydrogen) atoms. The Kier molecular flexibility index (Phi) is 9.16. The molecule has 0 radical (unpaired) electrons. The van der Waals surface area contributed by atoms with Crippen molar-refractivity contribution in [2.24, 2.45) is 0 Å². The van der Waals surface area contributed by atoms with Crippen molar-refractivity contribution >= 4 is 60.3 Å². The van der Waals surface area contributed by atoms with Crippen molar-refractivity contribution in [3.8, 4) is 0 Å². The normalized spacial score (nSPS) is 13.8. The number of carbonyl (C=O) groups excluding carboxylic acids is 1. The third-order valence-electron chi connectivity index (χ3n) is 7.06. The van der Waals surface area contributed by atoms with Crippen molar-refractivity contribution in [3.05, 3.63) is 107 Å². The van der Waals surface area contributed by atoms with Gasteiger partial charge in [0.2, 0.25) is 0 Å². The molecule has 0 saturated carbocycles. The second-order valence-corrected chi connectivity index (χ2v) is 14.0. The number of para-hydroxylation sites is 1. The van der Waals surface area contributed by atoms with Crippen LogP contribution in [0.2, 0.25) is 5.02 Å². The first kappa shape index (κ1) is 31.3. The first-order chi connectivity index (χ1) is 20.9. The molecule has 0 unspecified atom stereocenters. The average molecular weight is 655 g/mol. The van der Waals surface area contributed by atoms with Crippen molar-refractivity contribution in [1.82, 2.24) is 0 Å². The lowest BCUT2D eigenvalue weighted by Gasteiger charge is -2.31. The second kappa shape index (κ2) is 12.9. The highest BCUT2D eigenvalue weighted by Crippen LogP contribution is 2.32. The zero-order valence-corrected chi connectivity index (χ0v) is 26.4. The third-order valence-corrected chi connectivity index (χ3v) is 10.1. The quantitative estimate of drug-likeness (QED) is 0.212. The van der Waals surface area contributed by atoms with Crippen molar-refractivity contribution in [2.45, 2.75) is 23.6 Å². The minimum absolute atomic E-state index is 0.0949. The van der Waals surface area contributed by atoms with Crippen LogP contribution in [-0.4, -0.2) is 49.0 Å². The van der Waals surface area contributed by atoms with Gasteiger partial charge in [-0.3, -0.25) is 14.2 Å². The number of rotatable bonds is 9. The number of amides is 1. The summed E-state index contributed by atoms with van der Waals surface area (Å²) < 4.78 is 63.5. The van der Waals surface area contributed by atoms with E-state index in [9.17, 15) is 21.6 Å². The van der Waals surface area contributed by atoms with Crippen molar-refractivity contribution in [2.75, 3.05) is 46.0 Å². The fourth-order valence-corrected chi connectivity index (χ4v) is 7.08. The molecule has 0 bridgehead atoms. The average Bonchev–Trinajstić information content (AvgIpc) is 3.00. The highest BCUT2D eigenvalue weighted by atomic mass is 35.5. The first-order valence-corrected chi connectivity index (χ1v) is 17.0. The number of hydrogen-bond donors (Lipinski definition) is 3. The molecule has 1 aliphatic heterocycles. The standard InChI is InChI=1S/C31H31ClN4O6S2/c1-21-7-10-23(11-8-21)34-43(38,39)24-12-9-22(2)26(19-24)31(37)33-29-20-25(13-14-30(29)36-15-17-42-18-16-36)44(40,41)35-28-6-4-3-5-27(28)32/h3-14,19-20,34-35H,15-18H2,1-2H3,(H,33,37). The van der Waals surface area contributed by atoms with Crippen LogP contribution in [0, 0.1) is 13.8 Å². The van der Waals surface area contributed by atoms with Crippen molar-refractivity contribution < 1.29 is 26.4 Å². The summed E-state index contributed by atoms with van der Waals surface area (Å²) in [5.41, 5.74) is 3.08. The maximum Gasteiger partial charge on any atom is 0.262 e. The molecule has 13 heteroatoms. The molecule has 0 atom stereocenters. The number of aryl methyl sites for hydroxylation is 2. The lowest BCUT2D eigenvalue weighted by Crippen LogP contribution is -2.36. The van der Waals surface area contributed by atoms with Gasteiger partial charge >= 0.3 is 0 Å². The van der Waals surface area contributed by atoms with Crippen LogP contribution in [0.5, 0.6) is 0 Å². The molecule has 1 fully saturated rings. The molecule has 1 heterocycles. The Morgan fingerprint density at radius 1 is 0.773 bits per heavy atom. The summed E-state index contributed by atoms with van der Waals surface area (Å²) in [4.78, 5) is 15.5. The van der Waals surface area contributed by atoms with Crippen LogP contribution < -0.4 is 19.7 Å². The minimum Gasteiger partial charge on any atom is -0.378 e. The zero-order valence-electron chi connectivity index (χ0n) is 24.0. The van der Waals surface area contributed by atoms with E-state index in [2.05, 4.69) is 14.8 Å². The van der Waals surface area contributed by atoms with E-state index in [1.807, 2.05) is 11.8 Å². The van der Waals surface area contributed by atoms with Gasteiger partial charge in [0, 0.05) is 24.3 Å². The lowest BCUT2D eigenvalue weighted by molar-refractivity contribution is 0.102. The number of hydrogen-bond acceptors (Lipinski definition) is 7. The molecule has 4 aromatic rings. The van der Waals surface area contributed by atoms with Crippen LogP contribution in [0.4, 0.5) is 22.7 Å². The fourth-order valence-electron chi connectivity index (χ4n) is 4.65. The number of sulfonamides is 2. The van der Waals surface area contributed by atoms with Crippen LogP contribution in [0.25, 0.3) is 0 Å². The van der Waals surface area contributed by atoms with Crippen LogP contribution in [0.3, 0.4) is 0 Å². The molecule has 5 rings (SSSR count). The molecule has 1 aliphatic rings. The molecule has 4 aromatic carbocycles. The largest absolute Gasteiger partial charge is 0.378 e. The lowest BCUT2D eigenvalue weighted by atomic mass is 10.1. The second-order valence-electron chi connectivity index (χ2n) is 10.3. The summed E-state index contributed by atoms with van der Waals surface area (Å²) in [6, 6.07) is 22.1. The molecule has 230 valence electrons. The Bertz CT molecular complexity index is 1910. The topological polar surface area (TPSA) is 134 Å². The maximum absolute atomic E-state index is 13.7. The Hall–Kier alpha value is -4.10. The highest BCUT2D eigenvalue weighted by molar-refractivity contribution is 7.93. The van der Waals surface area contributed by atoms with Gasteiger partial charge in [-0.25, -0.2) is 16.8 Å². The zero-order chi connectivity index (χ0) is 31.5. The molecular formula is C31H31ClN4O6S2. The fraction of sp³-hybridized carbons (Fsp3) is 0.194. The van der Waals surface area contributed by atoms with Crippen LogP contribution in [0.1, 0.15) is 21.5 Å². The maximum atomic E-state index is 13.7. The third kappa shape index (κ3) is 7.16. The Balaban J connectivity index is 1.47. The van der Waals surface area contributed by atoms with Crippen LogP contribution >= 0.6 is 11.6 Å². The van der Waals surface area contributed by atoms with Crippen LogP contribution in [-0.2, 0) is 24.8 Å². The number of nitrogens with one attached hydrogen (secondary N) is 3. The van der Waals surface area contributed by atoms with E-state index in [1.54, 1.807) is 67.6 Å². The molecule has 0 aliphatic carbocycles. The summed E-state index contributed by atoms with van der Waals surface area (Å²) in [6.07, 6.45) is 0. The number of anilines is 4. The summed E-state index contributed by atoms with van der Waals surface area (Å²) >= 11 is 6.17. The molecule has 3 N–H and O–H groups in total. The van der Waals surface area contributed by atoms with Gasteiger partial charge in [0.25, 0.3) is 26.0 Å². The Morgan fingerprint density at radius 2 is 1.41 bits per heavy atom. The van der Waals surface area contributed by atoms with Gasteiger partial charge in [-0.05, 0) is 74.0 Å². The predicted octanol–water partition coefficient (Wildman–Crippen LogP) is 5.65. The van der Waals surface area contributed by atoms with Crippen LogP contribution in [0.15, 0.2) is 94.7 Å². The minimum atomic E-state index is -4.09. The molecule has 0 spiro atoms. The van der Waals surface area contributed by atoms with Gasteiger partial charge < -0.3 is 15.0 Å². The molecule has 10 nitrogen and oxygen atoms in total. The highest BCUT2D eigenvalue weighted by Gasteiger charge is 2.24. The van der Waals surface area contributed by atoms with Crippen molar-refractivity contribution in [3.63, 3.8) is 0 Å². The SMILES string of the molecule is Cc1ccc(NS(=O)(=O)c2ccc(C)c(C(=O)Nc3cc(S(=O)(=O)Nc4ccccc4Cl)ccc3N3CCOCC3)c2)cc1. The summed E-state index contributed by atoms with van der Waals surface area (Å²) in [7, 11) is -8.10. The van der Waals surface area contributed by atoms with E-state index in [-0.39, 0.29) is 31.8 Å². The van der Waals surface area contributed by atoms with Gasteiger partial charge in [0.05, 0.1) is 45.1 Å². The smallest absolute Gasteiger partial charge is 0.262 e.